The molecule has 1 saturated carbocycles. The summed E-state index contributed by atoms with van der Waals surface area (Å²) in [6.45, 7) is 1.73. The highest BCUT2D eigenvalue weighted by atomic mass is 19.4. The third-order valence-corrected chi connectivity index (χ3v) is 6.37. The molecule has 0 saturated heterocycles. The second-order valence-electron chi connectivity index (χ2n) is 9.29. The number of benzene rings is 2. The molecule has 1 aromatic heterocycles. The average Bonchev–Trinajstić information content (AvgIpc) is 2.82. The van der Waals surface area contributed by atoms with Crippen molar-refractivity contribution >= 4 is 22.7 Å². The lowest BCUT2D eigenvalue weighted by Crippen LogP contribution is -2.32. The van der Waals surface area contributed by atoms with Crippen molar-refractivity contribution < 1.29 is 17.9 Å². The van der Waals surface area contributed by atoms with Gasteiger partial charge in [-0.1, -0.05) is 24.3 Å². The highest BCUT2D eigenvalue weighted by molar-refractivity contribution is 5.90. The maximum absolute atomic E-state index is 12.3. The summed E-state index contributed by atoms with van der Waals surface area (Å²) in [6.07, 6.45) is 0.498. The molecule has 0 spiro atoms. The van der Waals surface area contributed by atoms with Crippen molar-refractivity contribution in [3.8, 4) is 5.75 Å². The number of hydrogen-bond donors (Lipinski definition) is 2. The number of rotatable bonds is 9. The number of hydrogen-bond acceptors (Lipinski definition) is 6. The molecule has 0 bridgehead atoms. The number of nitrogens with one attached hydrogen (secondary N) is 2. The zero-order valence-corrected chi connectivity index (χ0v) is 20.1. The standard InChI is InChI=1S/C26H32F3N5O/c1-34(2)24-22-5-3-4-6-23(22)32-25(33-24)31-20-11-7-19(8-12-20)17-30-16-15-18-9-13-21(14-10-18)35-26(27,28)29/h3-6,9-10,13-14,19-20,30H,7-8,11-12,15-17H2,1-2H3,(H,31,32,33)/t19-,20+. The van der Waals surface area contributed by atoms with Crippen molar-refractivity contribution in [2.75, 3.05) is 37.4 Å². The predicted octanol–water partition coefficient (Wildman–Crippen LogP) is 5.40. The van der Waals surface area contributed by atoms with E-state index in [4.69, 9.17) is 9.97 Å². The quantitative estimate of drug-likeness (QED) is 0.394. The Kier molecular flexibility index (Phi) is 7.95. The largest absolute Gasteiger partial charge is 0.573 e. The van der Waals surface area contributed by atoms with E-state index in [9.17, 15) is 13.2 Å². The first-order valence-electron chi connectivity index (χ1n) is 12.0. The lowest BCUT2D eigenvalue weighted by Gasteiger charge is -2.29. The molecule has 9 heteroatoms. The van der Waals surface area contributed by atoms with Gasteiger partial charge in [-0.3, -0.25) is 0 Å². The topological polar surface area (TPSA) is 62.3 Å². The van der Waals surface area contributed by atoms with Crippen LogP contribution in [0.2, 0.25) is 0 Å². The van der Waals surface area contributed by atoms with E-state index in [-0.39, 0.29) is 5.75 Å². The molecule has 35 heavy (non-hydrogen) atoms. The number of para-hydroxylation sites is 1. The van der Waals surface area contributed by atoms with Crippen molar-refractivity contribution in [1.82, 2.24) is 15.3 Å². The van der Waals surface area contributed by atoms with Gasteiger partial charge in [0, 0.05) is 25.5 Å². The molecule has 0 amide bonds. The van der Waals surface area contributed by atoms with Gasteiger partial charge >= 0.3 is 6.36 Å². The van der Waals surface area contributed by atoms with Crippen LogP contribution < -0.4 is 20.3 Å². The molecule has 1 aliphatic carbocycles. The van der Waals surface area contributed by atoms with Gasteiger partial charge in [-0.15, -0.1) is 13.2 Å². The van der Waals surface area contributed by atoms with E-state index < -0.39 is 6.36 Å². The molecule has 188 valence electrons. The first-order valence-corrected chi connectivity index (χ1v) is 12.0. The summed E-state index contributed by atoms with van der Waals surface area (Å²) in [7, 11) is 3.99. The van der Waals surface area contributed by atoms with Crippen LogP contribution in [-0.4, -0.2) is 49.6 Å². The van der Waals surface area contributed by atoms with E-state index in [1.165, 1.54) is 12.1 Å². The Balaban J connectivity index is 1.19. The van der Waals surface area contributed by atoms with Crippen LogP contribution in [0.15, 0.2) is 48.5 Å². The minimum Gasteiger partial charge on any atom is -0.406 e. The molecule has 2 aromatic carbocycles. The molecule has 0 radical (unpaired) electrons. The van der Waals surface area contributed by atoms with E-state index in [0.29, 0.717) is 17.9 Å². The van der Waals surface area contributed by atoms with E-state index in [1.54, 1.807) is 12.1 Å². The average molecular weight is 488 g/mol. The fourth-order valence-electron chi connectivity index (χ4n) is 4.56. The molecule has 0 aliphatic heterocycles. The monoisotopic (exact) mass is 487 g/mol. The molecule has 1 heterocycles. The molecule has 3 aromatic rings. The summed E-state index contributed by atoms with van der Waals surface area (Å²) >= 11 is 0. The Morgan fingerprint density at radius 2 is 1.69 bits per heavy atom. The lowest BCUT2D eigenvalue weighted by molar-refractivity contribution is -0.274. The normalized spacial score (nSPS) is 18.4. The summed E-state index contributed by atoms with van der Waals surface area (Å²) in [4.78, 5) is 11.5. The highest BCUT2D eigenvalue weighted by Gasteiger charge is 2.31. The maximum atomic E-state index is 12.3. The molecule has 2 N–H and O–H groups in total. The summed E-state index contributed by atoms with van der Waals surface area (Å²) in [5.41, 5.74) is 1.92. The number of nitrogens with zero attached hydrogens (tertiary/aromatic N) is 3. The van der Waals surface area contributed by atoms with Crippen LogP contribution in [0, 0.1) is 5.92 Å². The van der Waals surface area contributed by atoms with Crippen LogP contribution in [0.25, 0.3) is 10.9 Å². The summed E-state index contributed by atoms with van der Waals surface area (Å²) in [5.74, 6) is 2.02. The smallest absolute Gasteiger partial charge is 0.406 e. The van der Waals surface area contributed by atoms with Gasteiger partial charge in [0.2, 0.25) is 5.95 Å². The zero-order chi connectivity index (χ0) is 24.8. The Morgan fingerprint density at radius 3 is 2.37 bits per heavy atom. The van der Waals surface area contributed by atoms with E-state index in [2.05, 4.69) is 15.4 Å². The lowest BCUT2D eigenvalue weighted by atomic mass is 9.86. The Morgan fingerprint density at radius 1 is 0.971 bits per heavy atom. The van der Waals surface area contributed by atoms with Crippen LogP contribution in [0.5, 0.6) is 5.75 Å². The molecule has 1 aliphatic rings. The minimum absolute atomic E-state index is 0.188. The Bertz CT molecular complexity index is 1100. The van der Waals surface area contributed by atoms with Crippen LogP contribution >= 0.6 is 0 Å². The van der Waals surface area contributed by atoms with Crippen LogP contribution in [0.1, 0.15) is 31.2 Å². The fourth-order valence-corrected chi connectivity index (χ4v) is 4.56. The second-order valence-corrected chi connectivity index (χ2v) is 9.29. The van der Waals surface area contributed by atoms with Gasteiger partial charge in [-0.05, 0) is 80.9 Å². The first kappa shape index (κ1) is 25.0. The van der Waals surface area contributed by atoms with E-state index in [1.807, 2.05) is 43.3 Å². The molecule has 1 fully saturated rings. The number of halogens is 3. The zero-order valence-electron chi connectivity index (χ0n) is 20.1. The van der Waals surface area contributed by atoms with Crippen molar-refractivity contribution in [2.24, 2.45) is 5.92 Å². The van der Waals surface area contributed by atoms with Gasteiger partial charge in [-0.25, -0.2) is 4.98 Å². The molecule has 0 unspecified atom stereocenters. The molecular formula is C26H32F3N5O. The summed E-state index contributed by atoms with van der Waals surface area (Å²) in [5, 5.41) is 8.09. The van der Waals surface area contributed by atoms with Crippen LogP contribution in [-0.2, 0) is 6.42 Å². The SMILES string of the molecule is CN(C)c1nc(N[C@H]2CC[C@@H](CNCCc3ccc(OC(F)(F)F)cc3)CC2)nc2ccccc12. The van der Waals surface area contributed by atoms with Gasteiger partial charge in [0.1, 0.15) is 11.6 Å². The third-order valence-electron chi connectivity index (χ3n) is 6.37. The highest BCUT2D eigenvalue weighted by Crippen LogP contribution is 2.28. The first-order chi connectivity index (χ1) is 16.8. The number of ether oxygens (including phenoxy) is 1. The van der Waals surface area contributed by atoms with Crippen molar-refractivity contribution in [1.29, 1.82) is 0 Å². The number of aromatic nitrogens is 2. The Labute approximate surface area is 203 Å². The molecule has 4 rings (SSSR count). The second kappa shape index (κ2) is 11.1. The van der Waals surface area contributed by atoms with Gasteiger partial charge in [0.05, 0.1) is 5.52 Å². The van der Waals surface area contributed by atoms with Crippen molar-refractivity contribution in [3.63, 3.8) is 0 Å². The Hall–Kier alpha value is -3.07. The van der Waals surface area contributed by atoms with Gasteiger partial charge in [-0.2, -0.15) is 4.98 Å². The van der Waals surface area contributed by atoms with Gasteiger partial charge in [0.15, 0.2) is 0 Å². The van der Waals surface area contributed by atoms with Crippen LogP contribution in [0.3, 0.4) is 0 Å². The molecule has 0 atom stereocenters. The maximum Gasteiger partial charge on any atom is 0.573 e. The number of anilines is 2. The van der Waals surface area contributed by atoms with Crippen molar-refractivity contribution in [2.45, 2.75) is 44.5 Å². The van der Waals surface area contributed by atoms with Crippen molar-refractivity contribution in [3.05, 3.63) is 54.1 Å². The summed E-state index contributed by atoms with van der Waals surface area (Å²) < 4.78 is 40.7. The predicted molar refractivity (Wildman–Crippen MR) is 133 cm³/mol. The number of alkyl halides is 3. The molecular weight excluding hydrogens is 455 g/mol. The third kappa shape index (κ3) is 7.21. The molecule has 6 nitrogen and oxygen atoms in total. The van der Waals surface area contributed by atoms with E-state index in [0.717, 1.165) is 67.5 Å². The summed E-state index contributed by atoms with van der Waals surface area (Å²) in [6, 6.07) is 14.5. The van der Waals surface area contributed by atoms with Gasteiger partial charge < -0.3 is 20.3 Å². The van der Waals surface area contributed by atoms with Gasteiger partial charge in [0.25, 0.3) is 0 Å². The fraction of sp³-hybridized carbons (Fsp3) is 0.462. The number of fused-ring (bicyclic) bond motifs is 1. The van der Waals surface area contributed by atoms with E-state index >= 15 is 0 Å². The minimum atomic E-state index is -4.66. The van der Waals surface area contributed by atoms with Crippen LogP contribution in [0.4, 0.5) is 24.9 Å².